The molecule has 1 unspecified atom stereocenters. The maximum Gasteiger partial charge on any atom is 0.119 e. The molecule has 20 heavy (non-hydrogen) atoms. The maximum absolute atomic E-state index is 5.97. The SMILES string of the molecule is COC(CCN)c1cccc(OCC2CCCCC2)c1. The van der Waals surface area contributed by atoms with E-state index in [-0.39, 0.29) is 6.10 Å². The van der Waals surface area contributed by atoms with E-state index in [0.29, 0.717) is 6.54 Å². The van der Waals surface area contributed by atoms with Crippen LogP contribution in [-0.4, -0.2) is 20.3 Å². The van der Waals surface area contributed by atoms with E-state index in [1.54, 1.807) is 7.11 Å². The zero-order valence-electron chi connectivity index (χ0n) is 12.5. The minimum atomic E-state index is 0.0678. The Morgan fingerprint density at radius 2 is 2.05 bits per heavy atom. The second kappa shape index (κ2) is 8.28. The lowest BCUT2D eigenvalue weighted by molar-refractivity contribution is 0.0974. The smallest absolute Gasteiger partial charge is 0.119 e. The summed E-state index contributed by atoms with van der Waals surface area (Å²) in [6.07, 6.45) is 7.63. The molecule has 0 bridgehead atoms. The largest absolute Gasteiger partial charge is 0.493 e. The zero-order chi connectivity index (χ0) is 14.2. The van der Waals surface area contributed by atoms with Gasteiger partial charge in [-0.2, -0.15) is 0 Å². The fourth-order valence-electron chi connectivity index (χ4n) is 2.94. The number of methoxy groups -OCH3 is 1. The summed E-state index contributed by atoms with van der Waals surface area (Å²) < 4.78 is 11.5. The highest BCUT2D eigenvalue weighted by atomic mass is 16.5. The molecule has 2 rings (SSSR count). The lowest BCUT2D eigenvalue weighted by atomic mass is 9.90. The normalized spacial score (nSPS) is 17.9. The summed E-state index contributed by atoms with van der Waals surface area (Å²) in [5.41, 5.74) is 6.78. The summed E-state index contributed by atoms with van der Waals surface area (Å²) in [7, 11) is 1.73. The zero-order valence-corrected chi connectivity index (χ0v) is 12.5. The molecule has 1 saturated carbocycles. The Bertz CT molecular complexity index is 388. The molecule has 2 N–H and O–H groups in total. The highest BCUT2D eigenvalue weighted by Gasteiger charge is 2.15. The number of benzene rings is 1. The third-order valence-corrected chi connectivity index (χ3v) is 4.15. The molecule has 3 heteroatoms. The second-order valence-corrected chi connectivity index (χ2v) is 5.69. The first-order valence-electron chi connectivity index (χ1n) is 7.79. The van der Waals surface area contributed by atoms with Gasteiger partial charge in [0.1, 0.15) is 5.75 Å². The molecule has 1 aliphatic rings. The van der Waals surface area contributed by atoms with Gasteiger partial charge in [0, 0.05) is 7.11 Å². The number of hydrogen-bond donors (Lipinski definition) is 1. The monoisotopic (exact) mass is 277 g/mol. The van der Waals surface area contributed by atoms with E-state index in [9.17, 15) is 0 Å². The molecule has 0 radical (unpaired) electrons. The first-order valence-corrected chi connectivity index (χ1v) is 7.79. The van der Waals surface area contributed by atoms with Crippen LogP contribution in [0.4, 0.5) is 0 Å². The Kier molecular flexibility index (Phi) is 6.34. The van der Waals surface area contributed by atoms with Crippen molar-refractivity contribution in [2.75, 3.05) is 20.3 Å². The molecule has 1 aliphatic carbocycles. The van der Waals surface area contributed by atoms with E-state index in [1.807, 2.05) is 12.1 Å². The van der Waals surface area contributed by atoms with Crippen LogP contribution in [0.15, 0.2) is 24.3 Å². The highest BCUT2D eigenvalue weighted by molar-refractivity contribution is 5.30. The van der Waals surface area contributed by atoms with Crippen LogP contribution < -0.4 is 10.5 Å². The van der Waals surface area contributed by atoms with Gasteiger partial charge in [-0.05, 0) is 49.4 Å². The molecule has 3 nitrogen and oxygen atoms in total. The summed E-state index contributed by atoms with van der Waals surface area (Å²) >= 11 is 0. The summed E-state index contributed by atoms with van der Waals surface area (Å²) in [5.74, 6) is 1.68. The van der Waals surface area contributed by atoms with Gasteiger partial charge in [0.05, 0.1) is 12.7 Å². The number of rotatable bonds is 7. The molecule has 0 aromatic heterocycles. The van der Waals surface area contributed by atoms with Gasteiger partial charge in [-0.3, -0.25) is 0 Å². The van der Waals surface area contributed by atoms with Crippen LogP contribution >= 0.6 is 0 Å². The van der Waals surface area contributed by atoms with Gasteiger partial charge < -0.3 is 15.2 Å². The van der Waals surface area contributed by atoms with Crippen molar-refractivity contribution in [3.63, 3.8) is 0 Å². The average Bonchev–Trinajstić information content (AvgIpc) is 2.52. The minimum absolute atomic E-state index is 0.0678. The van der Waals surface area contributed by atoms with Gasteiger partial charge >= 0.3 is 0 Å². The van der Waals surface area contributed by atoms with Crippen molar-refractivity contribution in [1.29, 1.82) is 0 Å². The third-order valence-electron chi connectivity index (χ3n) is 4.15. The van der Waals surface area contributed by atoms with Gasteiger partial charge in [-0.15, -0.1) is 0 Å². The van der Waals surface area contributed by atoms with Gasteiger partial charge in [-0.25, -0.2) is 0 Å². The Morgan fingerprint density at radius 1 is 1.25 bits per heavy atom. The van der Waals surface area contributed by atoms with E-state index < -0.39 is 0 Å². The highest BCUT2D eigenvalue weighted by Crippen LogP contribution is 2.27. The van der Waals surface area contributed by atoms with Crippen LogP contribution in [0, 0.1) is 5.92 Å². The number of hydrogen-bond acceptors (Lipinski definition) is 3. The lowest BCUT2D eigenvalue weighted by Gasteiger charge is -2.22. The Hall–Kier alpha value is -1.06. The van der Waals surface area contributed by atoms with Crippen LogP contribution in [0.2, 0.25) is 0 Å². The van der Waals surface area contributed by atoms with E-state index in [4.69, 9.17) is 15.2 Å². The van der Waals surface area contributed by atoms with Crippen LogP contribution in [0.3, 0.4) is 0 Å². The summed E-state index contributed by atoms with van der Waals surface area (Å²) in [5, 5.41) is 0. The Morgan fingerprint density at radius 3 is 2.75 bits per heavy atom. The van der Waals surface area contributed by atoms with Gasteiger partial charge in [-0.1, -0.05) is 31.4 Å². The molecule has 1 fully saturated rings. The van der Waals surface area contributed by atoms with Crippen molar-refractivity contribution in [1.82, 2.24) is 0 Å². The summed E-state index contributed by atoms with van der Waals surface area (Å²) in [4.78, 5) is 0. The quantitative estimate of drug-likeness (QED) is 0.827. The first kappa shape index (κ1) is 15.3. The van der Waals surface area contributed by atoms with Gasteiger partial charge in [0.25, 0.3) is 0 Å². The first-order chi connectivity index (χ1) is 9.83. The van der Waals surface area contributed by atoms with E-state index >= 15 is 0 Å². The molecule has 0 aliphatic heterocycles. The second-order valence-electron chi connectivity index (χ2n) is 5.69. The Labute approximate surface area is 122 Å². The van der Waals surface area contributed by atoms with Crippen LogP contribution in [0.1, 0.15) is 50.2 Å². The maximum atomic E-state index is 5.97. The van der Waals surface area contributed by atoms with Crippen LogP contribution in [-0.2, 0) is 4.74 Å². The average molecular weight is 277 g/mol. The molecular weight excluding hydrogens is 250 g/mol. The predicted octanol–water partition coefficient (Wildman–Crippen LogP) is 3.68. The minimum Gasteiger partial charge on any atom is -0.493 e. The molecule has 112 valence electrons. The van der Waals surface area contributed by atoms with Crippen molar-refractivity contribution >= 4 is 0 Å². The topological polar surface area (TPSA) is 44.5 Å². The number of ether oxygens (including phenoxy) is 2. The van der Waals surface area contributed by atoms with Gasteiger partial charge in [0.15, 0.2) is 0 Å². The van der Waals surface area contributed by atoms with Crippen LogP contribution in [0.25, 0.3) is 0 Å². The number of nitrogens with two attached hydrogens (primary N) is 1. The molecule has 0 saturated heterocycles. The fourth-order valence-corrected chi connectivity index (χ4v) is 2.94. The molecule has 1 aromatic rings. The van der Waals surface area contributed by atoms with Crippen LogP contribution in [0.5, 0.6) is 5.75 Å². The molecular formula is C17H27NO2. The van der Waals surface area contributed by atoms with E-state index in [2.05, 4.69) is 12.1 Å². The lowest BCUT2D eigenvalue weighted by Crippen LogP contribution is -2.15. The fraction of sp³-hybridized carbons (Fsp3) is 0.647. The summed E-state index contributed by atoms with van der Waals surface area (Å²) in [6.45, 7) is 1.48. The van der Waals surface area contributed by atoms with Crippen molar-refractivity contribution in [3.8, 4) is 5.75 Å². The van der Waals surface area contributed by atoms with E-state index in [1.165, 1.54) is 32.1 Å². The van der Waals surface area contributed by atoms with Crippen molar-refractivity contribution in [2.24, 2.45) is 11.7 Å². The standard InChI is InChI=1S/C17H27NO2/c1-19-17(10-11-18)15-8-5-9-16(12-15)20-13-14-6-3-2-4-7-14/h5,8-9,12,14,17H,2-4,6-7,10-11,13,18H2,1H3. The molecule has 0 heterocycles. The molecule has 1 aromatic carbocycles. The summed E-state index contributed by atoms with van der Waals surface area (Å²) in [6, 6.07) is 8.24. The third kappa shape index (κ3) is 4.50. The van der Waals surface area contributed by atoms with Crippen molar-refractivity contribution < 1.29 is 9.47 Å². The molecule has 1 atom stereocenters. The molecule has 0 amide bonds. The van der Waals surface area contributed by atoms with Crippen molar-refractivity contribution in [3.05, 3.63) is 29.8 Å². The molecule has 0 spiro atoms. The Balaban J connectivity index is 1.91. The van der Waals surface area contributed by atoms with Crippen molar-refractivity contribution in [2.45, 2.75) is 44.6 Å². The van der Waals surface area contributed by atoms with E-state index in [0.717, 1.165) is 30.3 Å². The van der Waals surface area contributed by atoms with Gasteiger partial charge in [0.2, 0.25) is 0 Å². The predicted molar refractivity (Wildman–Crippen MR) is 81.9 cm³/mol.